The number of aromatic nitrogens is 2. The fourth-order valence-electron chi connectivity index (χ4n) is 2.82. The largest absolute Gasteiger partial charge is 0.332 e. The average Bonchev–Trinajstić information content (AvgIpc) is 3.15. The van der Waals surface area contributed by atoms with Gasteiger partial charge in [0, 0.05) is 16.9 Å². The van der Waals surface area contributed by atoms with Crippen LogP contribution in [0.5, 0.6) is 0 Å². The molecule has 0 saturated carbocycles. The molecule has 0 saturated heterocycles. The van der Waals surface area contributed by atoms with Crippen molar-refractivity contribution in [1.29, 1.82) is 0 Å². The number of thioether (sulfide) groups is 1. The lowest BCUT2D eigenvalue weighted by Crippen LogP contribution is -1.83. The number of imidazole rings is 1. The second-order valence-electron chi connectivity index (χ2n) is 6.03. The number of rotatable bonds is 5. The maximum atomic E-state index is 6.12. The van der Waals surface area contributed by atoms with Crippen LogP contribution < -0.4 is 0 Å². The highest BCUT2D eigenvalue weighted by atomic mass is 35.5. The molecule has 0 radical (unpaired) electrons. The third-order valence-corrected chi connectivity index (χ3v) is 5.83. The van der Waals surface area contributed by atoms with Gasteiger partial charge in [0.15, 0.2) is 5.16 Å². The molecule has 27 heavy (non-hydrogen) atoms. The first-order chi connectivity index (χ1) is 13.2. The number of nitrogens with zero attached hydrogens (tertiary/aromatic N) is 1. The van der Waals surface area contributed by atoms with Gasteiger partial charge in [0.2, 0.25) is 0 Å². The Morgan fingerprint density at radius 3 is 2.11 bits per heavy atom. The molecular formula is C22H16Cl2N2S. The number of H-pyrrole nitrogens is 1. The standard InChI is InChI=1S/C22H16Cl2N2S/c23-18-12-11-15(13-19(18)24)14-27-22-25-20(16-7-3-1-4-8-16)21(26-22)17-9-5-2-6-10-17/h1-13H,14H2,(H,25,26). The molecule has 0 aliphatic heterocycles. The zero-order chi connectivity index (χ0) is 18.6. The molecule has 1 heterocycles. The highest BCUT2D eigenvalue weighted by Gasteiger charge is 2.14. The van der Waals surface area contributed by atoms with Crippen LogP contribution in [0.3, 0.4) is 0 Å². The van der Waals surface area contributed by atoms with Gasteiger partial charge in [-0.05, 0) is 17.7 Å². The summed E-state index contributed by atoms with van der Waals surface area (Å²) in [7, 11) is 0. The summed E-state index contributed by atoms with van der Waals surface area (Å²) in [5.41, 5.74) is 5.30. The van der Waals surface area contributed by atoms with Gasteiger partial charge < -0.3 is 4.98 Å². The van der Waals surface area contributed by atoms with Gasteiger partial charge in [0.1, 0.15) is 0 Å². The summed E-state index contributed by atoms with van der Waals surface area (Å²) in [5, 5.41) is 2.02. The van der Waals surface area contributed by atoms with Crippen LogP contribution in [0.25, 0.3) is 22.5 Å². The molecule has 4 aromatic rings. The Hall–Kier alpha value is -2.20. The maximum absolute atomic E-state index is 6.12. The van der Waals surface area contributed by atoms with Crippen LogP contribution in [-0.4, -0.2) is 9.97 Å². The number of hydrogen-bond acceptors (Lipinski definition) is 2. The number of hydrogen-bond donors (Lipinski definition) is 1. The smallest absolute Gasteiger partial charge is 0.166 e. The Morgan fingerprint density at radius 2 is 1.44 bits per heavy atom. The van der Waals surface area contributed by atoms with Gasteiger partial charge in [-0.15, -0.1) is 0 Å². The fraction of sp³-hybridized carbons (Fsp3) is 0.0455. The topological polar surface area (TPSA) is 28.7 Å². The van der Waals surface area contributed by atoms with Crippen molar-refractivity contribution >= 4 is 35.0 Å². The predicted octanol–water partition coefficient (Wildman–Crippen LogP) is 7.34. The zero-order valence-electron chi connectivity index (χ0n) is 14.3. The number of aromatic amines is 1. The molecule has 0 bridgehead atoms. The van der Waals surface area contributed by atoms with E-state index in [1.54, 1.807) is 11.8 Å². The molecule has 3 aromatic carbocycles. The molecule has 5 heteroatoms. The molecule has 0 unspecified atom stereocenters. The van der Waals surface area contributed by atoms with Crippen molar-refractivity contribution in [2.75, 3.05) is 0 Å². The van der Waals surface area contributed by atoms with E-state index in [9.17, 15) is 0 Å². The first-order valence-electron chi connectivity index (χ1n) is 8.48. The summed E-state index contributed by atoms with van der Waals surface area (Å²) in [6, 6.07) is 26.2. The van der Waals surface area contributed by atoms with Crippen molar-refractivity contribution < 1.29 is 0 Å². The van der Waals surface area contributed by atoms with E-state index in [0.717, 1.165) is 39.0 Å². The number of benzene rings is 3. The van der Waals surface area contributed by atoms with Crippen molar-refractivity contribution in [2.45, 2.75) is 10.9 Å². The van der Waals surface area contributed by atoms with Crippen LogP contribution in [0.1, 0.15) is 5.56 Å². The van der Waals surface area contributed by atoms with Crippen molar-refractivity contribution in [3.05, 3.63) is 94.5 Å². The Kier molecular flexibility index (Phi) is 5.53. The van der Waals surface area contributed by atoms with E-state index < -0.39 is 0 Å². The summed E-state index contributed by atoms with van der Waals surface area (Å²) < 4.78 is 0. The van der Waals surface area contributed by atoms with Gasteiger partial charge in [-0.1, -0.05) is 102 Å². The highest BCUT2D eigenvalue weighted by Crippen LogP contribution is 2.34. The van der Waals surface area contributed by atoms with Crippen molar-refractivity contribution in [2.24, 2.45) is 0 Å². The van der Waals surface area contributed by atoms with Crippen LogP contribution in [0.4, 0.5) is 0 Å². The molecule has 0 atom stereocenters. The van der Waals surface area contributed by atoms with E-state index in [0.29, 0.717) is 10.0 Å². The van der Waals surface area contributed by atoms with Gasteiger partial charge in [-0.3, -0.25) is 0 Å². The summed E-state index contributed by atoms with van der Waals surface area (Å²) in [5.74, 6) is 0.757. The van der Waals surface area contributed by atoms with Gasteiger partial charge >= 0.3 is 0 Å². The first-order valence-corrected chi connectivity index (χ1v) is 10.2. The minimum atomic E-state index is 0.571. The number of halogens is 2. The third-order valence-electron chi connectivity index (χ3n) is 4.15. The van der Waals surface area contributed by atoms with Crippen LogP contribution >= 0.6 is 35.0 Å². The zero-order valence-corrected chi connectivity index (χ0v) is 16.7. The number of nitrogens with one attached hydrogen (secondary N) is 1. The van der Waals surface area contributed by atoms with Gasteiger partial charge in [0.25, 0.3) is 0 Å². The van der Waals surface area contributed by atoms with E-state index in [4.69, 9.17) is 28.2 Å². The monoisotopic (exact) mass is 410 g/mol. The van der Waals surface area contributed by atoms with Gasteiger partial charge in [0.05, 0.1) is 21.4 Å². The third kappa shape index (κ3) is 4.22. The van der Waals surface area contributed by atoms with E-state index in [-0.39, 0.29) is 0 Å². The van der Waals surface area contributed by atoms with Crippen LogP contribution in [0.2, 0.25) is 10.0 Å². The molecule has 0 fully saturated rings. The highest BCUT2D eigenvalue weighted by molar-refractivity contribution is 7.98. The lowest BCUT2D eigenvalue weighted by Gasteiger charge is -2.02. The van der Waals surface area contributed by atoms with E-state index in [2.05, 4.69) is 29.2 Å². The molecule has 2 nitrogen and oxygen atoms in total. The van der Waals surface area contributed by atoms with Crippen LogP contribution in [-0.2, 0) is 5.75 Å². The summed E-state index contributed by atoms with van der Waals surface area (Å²) in [4.78, 5) is 8.35. The molecule has 1 N–H and O–H groups in total. The van der Waals surface area contributed by atoms with Gasteiger partial charge in [-0.25, -0.2) is 4.98 Å². The fourth-order valence-corrected chi connectivity index (χ4v) is 3.95. The molecule has 0 aliphatic rings. The second kappa shape index (κ2) is 8.22. The maximum Gasteiger partial charge on any atom is 0.166 e. The van der Waals surface area contributed by atoms with Crippen molar-refractivity contribution in [3.8, 4) is 22.5 Å². The molecule has 0 spiro atoms. The molecule has 0 amide bonds. The summed E-state index contributed by atoms with van der Waals surface area (Å²) in [6.07, 6.45) is 0. The molecule has 1 aromatic heterocycles. The van der Waals surface area contributed by atoms with E-state index >= 15 is 0 Å². The van der Waals surface area contributed by atoms with Crippen molar-refractivity contribution in [1.82, 2.24) is 9.97 Å². The Balaban J connectivity index is 1.66. The normalized spacial score (nSPS) is 10.9. The van der Waals surface area contributed by atoms with E-state index in [1.807, 2.05) is 54.6 Å². The van der Waals surface area contributed by atoms with Crippen molar-refractivity contribution in [3.63, 3.8) is 0 Å². The lowest BCUT2D eigenvalue weighted by molar-refractivity contribution is 1.06. The average molecular weight is 411 g/mol. The lowest BCUT2D eigenvalue weighted by atomic mass is 10.1. The van der Waals surface area contributed by atoms with Crippen LogP contribution in [0.15, 0.2) is 84.0 Å². The summed E-state index contributed by atoms with van der Waals surface area (Å²) in [6.45, 7) is 0. The Bertz CT molecular complexity index is 990. The Morgan fingerprint density at radius 1 is 0.778 bits per heavy atom. The predicted molar refractivity (Wildman–Crippen MR) is 115 cm³/mol. The quantitative estimate of drug-likeness (QED) is 0.348. The summed E-state index contributed by atoms with van der Waals surface area (Å²) >= 11 is 13.8. The molecule has 0 aliphatic carbocycles. The van der Waals surface area contributed by atoms with E-state index in [1.165, 1.54) is 0 Å². The van der Waals surface area contributed by atoms with Gasteiger partial charge in [-0.2, -0.15) is 0 Å². The Labute approximate surface area is 172 Å². The SMILES string of the molecule is Clc1ccc(CSc2nc(-c3ccccc3)c(-c3ccccc3)[nH]2)cc1Cl. The minimum Gasteiger partial charge on any atom is -0.332 e. The molecule has 134 valence electrons. The molecular weight excluding hydrogens is 395 g/mol. The minimum absolute atomic E-state index is 0.571. The van der Waals surface area contributed by atoms with Crippen LogP contribution in [0, 0.1) is 0 Å². The molecule has 4 rings (SSSR count). The second-order valence-corrected chi connectivity index (χ2v) is 7.81. The first kappa shape index (κ1) is 18.2.